The summed E-state index contributed by atoms with van der Waals surface area (Å²) < 4.78 is 4.73. The maximum Gasteiger partial charge on any atom is 0.333 e. The topological polar surface area (TPSA) is 94.3 Å². The first kappa shape index (κ1) is 14.5. The van der Waals surface area contributed by atoms with Gasteiger partial charge < -0.3 is 15.8 Å². The molecular weight excluding hydrogens is 270 g/mol. The first-order valence-corrected chi connectivity index (χ1v) is 6.27. The molecule has 0 bridgehead atoms. The van der Waals surface area contributed by atoms with Crippen LogP contribution in [0.25, 0.3) is 0 Å². The normalized spacial score (nSPS) is 11.5. The fourth-order valence-corrected chi connectivity index (χ4v) is 1.85. The molecule has 0 aliphatic carbocycles. The quantitative estimate of drug-likeness (QED) is 0.826. The lowest BCUT2D eigenvalue weighted by Gasteiger charge is -2.17. The molecule has 6 heteroatoms. The number of nitrogens with two attached hydrogens (primary N) is 1. The molecule has 0 radical (unpaired) electrons. The standard InChI is InChI=1S/C15H15N3O3/c1-21-15(20)12(10-6-3-2-4-7-10)18-14(19)13-11(16)8-5-9-17-13/h2-9,12H,16H2,1H3,(H,18,19). The van der Waals surface area contributed by atoms with E-state index in [2.05, 4.69) is 10.3 Å². The third-order valence-corrected chi connectivity index (χ3v) is 2.90. The summed E-state index contributed by atoms with van der Waals surface area (Å²) in [6.07, 6.45) is 1.46. The Labute approximate surface area is 121 Å². The Hall–Kier alpha value is -2.89. The lowest BCUT2D eigenvalue weighted by Crippen LogP contribution is -2.35. The van der Waals surface area contributed by atoms with Crippen molar-refractivity contribution in [2.45, 2.75) is 6.04 Å². The summed E-state index contributed by atoms with van der Waals surface area (Å²) in [4.78, 5) is 28.0. The van der Waals surface area contributed by atoms with Crippen molar-refractivity contribution in [3.63, 3.8) is 0 Å². The highest BCUT2D eigenvalue weighted by atomic mass is 16.5. The molecule has 0 saturated heterocycles. The Morgan fingerprint density at radius 3 is 2.52 bits per heavy atom. The first-order valence-electron chi connectivity index (χ1n) is 6.27. The van der Waals surface area contributed by atoms with Crippen LogP contribution in [0.4, 0.5) is 5.69 Å². The number of nitrogens with zero attached hydrogens (tertiary/aromatic N) is 1. The predicted octanol–water partition coefficient (Wildman–Crippen LogP) is 1.31. The number of ether oxygens (including phenoxy) is 1. The Kier molecular flexibility index (Phi) is 4.50. The largest absolute Gasteiger partial charge is 0.467 e. The number of anilines is 1. The molecule has 0 saturated carbocycles. The molecule has 21 heavy (non-hydrogen) atoms. The van der Waals surface area contributed by atoms with Gasteiger partial charge in [0.1, 0.15) is 0 Å². The number of methoxy groups -OCH3 is 1. The summed E-state index contributed by atoms with van der Waals surface area (Å²) in [5.41, 5.74) is 6.64. The second-order valence-corrected chi connectivity index (χ2v) is 4.28. The van der Waals surface area contributed by atoms with E-state index in [4.69, 9.17) is 10.5 Å². The van der Waals surface area contributed by atoms with Crippen LogP contribution in [0, 0.1) is 0 Å². The number of hydrogen-bond donors (Lipinski definition) is 2. The van der Waals surface area contributed by atoms with Crippen LogP contribution in [0.2, 0.25) is 0 Å². The second kappa shape index (κ2) is 6.51. The molecule has 1 aromatic carbocycles. The van der Waals surface area contributed by atoms with Gasteiger partial charge in [-0.1, -0.05) is 30.3 Å². The maximum atomic E-state index is 12.2. The summed E-state index contributed by atoms with van der Waals surface area (Å²) in [6.45, 7) is 0. The lowest BCUT2D eigenvalue weighted by atomic mass is 10.1. The molecule has 0 spiro atoms. The average molecular weight is 285 g/mol. The molecule has 1 amide bonds. The van der Waals surface area contributed by atoms with Crippen molar-refractivity contribution in [2.24, 2.45) is 0 Å². The molecule has 1 aromatic heterocycles. The summed E-state index contributed by atoms with van der Waals surface area (Å²) in [5.74, 6) is -1.10. The van der Waals surface area contributed by atoms with Crippen molar-refractivity contribution >= 4 is 17.6 Å². The molecule has 1 atom stereocenters. The number of aromatic nitrogens is 1. The van der Waals surface area contributed by atoms with Crippen LogP contribution in [0.5, 0.6) is 0 Å². The summed E-state index contributed by atoms with van der Waals surface area (Å²) >= 11 is 0. The minimum Gasteiger partial charge on any atom is -0.467 e. The van der Waals surface area contributed by atoms with Gasteiger partial charge in [-0.05, 0) is 17.7 Å². The molecule has 0 aliphatic rings. The van der Waals surface area contributed by atoms with E-state index in [1.807, 2.05) is 6.07 Å². The van der Waals surface area contributed by atoms with Crippen LogP contribution in [0.15, 0.2) is 48.7 Å². The highest BCUT2D eigenvalue weighted by Gasteiger charge is 2.25. The zero-order chi connectivity index (χ0) is 15.2. The third-order valence-electron chi connectivity index (χ3n) is 2.90. The van der Waals surface area contributed by atoms with Gasteiger partial charge in [-0.2, -0.15) is 0 Å². The number of nitrogens with one attached hydrogen (secondary N) is 1. The van der Waals surface area contributed by atoms with Gasteiger partial charge in [0.05, 0.1) is 12.8 Å². The van der Waals surface area contributed by atoms with Gasteiger partial charge in [0.2, 0.25) is 0 Å². The average Bonchev–Trinajstić information content (AvgIpc) is 2.53. The van der Waals surface area contributed by atoms with Gasteiger partial charge in [0, 0.05) is 6.20 Å². The maximum absolute atomic E-state index is 12.2. The van der Waals surface area contributed by atoms with E-state index in [0.29, 0.717) is 5.56 Å². The van der Waals surface area contributed by atoms with Gasteiger partial charge in [0.15, 0.2) is 11.7 Å². The number of carbonyl (C=O) groups excluding carboxylic acids is 2. The van der Waals surface area contributed by atoms with E-state index in [0.717, 1.165) is 0 Å². The van der Waals surface area contributed by atoms with Crippen molar-refractivity contribution in [3.05, 3.63) is 59.9 Å². The highest BCUT2D eigenvalue weighted by Crippen LogP contribution is 2.16. The van der Waals surface area contributed by atoms with Gasteiger partial charge in [-0.25, -0.2) is 9.78 Å². The molecule has 0 aliphatic heterocycles. The van der Waals surface area contributed by atoms with E-state index < -0.39 is 17.9 Å². The lowest BCUT2D eigenvalue weighted by molar-refractivity contribution is -0.143. The van der Waals surface area contributed by atoms with E-state index in [1.54, 1.807) is 36.4 Å². The van der Waals surface area contributed by atoms with Crippen LogP contribution in [-0.4, -0.2) is 24.0 Å². The molecule has 2 aromatic rings. The zero-order valence-corrected chi connectivity index (χ0v) is 11.4. The highest BCUT2D eigenvalue weighted by molar-refractivity contribution is 5.99. The molecular formula is C15H15N3O3. The number of nitrogen functional groups attached to an aromatic ring is 1. The van der Waals surface area contributed by atoms with Crippen LogP contribution in [0.3, 0.4) is 0 Å². The number of hydrogen-bond acceptors (Lipinski definition) is 5. The summed E-state index contributed by atoms with van der Waals surface area (Å²) in [7, 11) is 1.26. The fraction of sp³-hybridized carbons (Fsp3) is 0.133. The minimum absolute atomic E-state index is 0.0716. The smallest absolute Gasteiger partial charge is 0.333 e. The van der Waals surface area contributed by atoms with Crippen molar-refractivity contribution < 1.29 is 14.3 Å². The fourth-order valence-electron chi connectivity index (χ4n) is 1.85. The number of amides is 1. The Morgan fingerprint density at radius 1 is 1.19 bits per heavy atom. The minimum atomic E-state index is -0.912. The molecule has 2 rings (SSSR count). The molecule has 6 nitrogen and oxygen atoms in total. The van der Waals surface area contributed by atoms with E-state index in [-0.39, 0.29) is 11.4 Å². The van der Waals surface area contributed by atoms with E-state index in [1.165, 1.54) is 13.3 Å². The van der Waals surface area contributed by atoms with E-state index >= 15 is 0 Å². The number of carbonyl (C=O) groups is 2. The van der Waals surface area contributed by atoms with Crippen LogP contribution in [0.1, 0.15) is 22.1 Å². The molecule has 1 unspecified atom stereocenters. The molecule has 1 heterocycles. The predicted molar refractivity (Wildman–Crippen MR) is 77.3 cm³/mol. The van der Waals surface area contributed by atoms with E-state index in [9.17, 15) is 9.59 Å². The van der Waals surface area contributed by atoms with Crippen molar-refractivity contribution in [1.29, 1.82) is 0 Å². The molecule has 0 fully saturated rings. The van der Waals surface area contributed by atoms with Crippen LogP contribution in [-0.2, 0) is 9.53 Å². The number of benzene rings is 1. The number of pyridine rings is 1. The Morgan fingerprint density at radius 2 is 1.90 bits per heavy atom. The Bertz CT molecular complexity index is 644. The zero-order valence-electron chi connectivity index (χ0n) is 11.4. The third kappa shape index (κ3) is 3.36. The van der Waals surface area contributed by atoms with Gasteiger partial charge in [-0.15, -0.1) is 0 Å². The van der Waals surface area contributed by atoms with Crippen LogP contribution < -0.4 is 11.1 Å². The van der Waals surface area contributed by atoms with Crippen LogP contribution >= 0.6 is 0 Å². The SMILES string of the molecule is COC(=O)C(NC(=O)c1ncccc1N)c1ccccc1. The van der Waals surface area contributed by atoms with Crippen molar-refractivity contribution in [3.8, 4) is 0 Å². The van der Waals surface area contributed by atoms with Gasteiger partial charge >= 0.3 is 5.97 Å². The molecule has 3 N–H and O–H groups in total. The molecule has 108 valence electrons. The number of esters is 1. The summed E-state index contributed by atoms with van der Waals surface area (Å²) in [5, 5.41) is 2.59. The summed E-state index contributed by atoms with van der Waals surface area (Å²) in [6, 6.07) is 11.1. The van der Waals surface area contributed by atoms with Gasteiger partial charge in [-0.3, -0.25) is 4.79 Å². The van der Waals surface area contributed by atoms with Crippen molar-refractivity contribution in [1.82, 2.24) is 10.3 Å². The van der Waals surface area contributed by atoms with Crippen molar-refractivity contribution in [2.75, 3.05) is 12.8 Å². The second-order valence-electron chi connectivity index (χ2n) is 4.28. The monoisotopic (exact) mass is 285 g/mol. The Balaban J connectivity index is 2.26. The number of rotatable bonds is 4. The van der Waals surface area contributed by atoms with Gasteiger partial charge in [0.25, 0.3) is 5.91 Å². The first-order chi connectivity index (χ1) is 10.1.